The number of hydrogen-bond donors (Lipinski definition) is 4. The van der Waals surface area contributed by atoms with Gasteiger partial charge in [0.2, 0.25) is 0 Å². The molecule has 4 rings (SSSR count). The molecule has 1 unspecified atom stereocenters. The Morgan fingerprint density at radius 3 is 2.58 bits per heavy atom. The molecule has 184 valence electrons. The van der Waals surface area contributed by atoms with Gasteiger partial charge in [-0.25, -0.2) is 4.98 Å². The molecule has 0 fully saturated rings. The molecule has 0 bridgehead atoms. The number of fused-ring (bicyclic) bond motifs is 1. The first-order valence-electron chi connectivity index (χ1n) is 12.0. The van der Waals surface area contributed by atoms with Gasteiger partial charge in [0, 0.05) is 52.9 Å². The van der Waals surface area contributed by atoms with Crippen molar-refractivity contribution in [2.75, 3.05) is 31.9 Å². The van der Waals surface area contributed by atoms with E-state index >= 15 is 0 Å². The summed E-state index contributed by atoms with van der Waals surface area (Å²) in [6.45, 7) is 6.53. The average Bonchev–Trinajstić information content (AvgIpc) is 3.44. The van der Waals surface area contributed by atoms with E-state index in [2.05, 4.69) is 37.2 Å². The van der Waals surface area contributed by atoms with Crippen molar-refractivity contribution in [3.63, 3.8) is 0 Å². The number of nitrogens with zero attached hydrogens (tertiary/aromatic N) is 3. The number of H-pyrrole nitrogens is 1. The second-order valence-electron chi connectivity index (χ2n) is 8.43. The van der Waals surface area contributed by atoms with Gasteiger partial charge in [0.1, 0.15) is 5.82 Å². The number of amides is 1. The highest BCUT2D eigenvalue weighted by Gasteiger charge is 2.12. The van der Waals surface area contributed by atoms with Crippen molar-refractivity contribution in [2.45, 2.75) is 20.0 Å². The number of aliphatic hydroxyl groups excluding tert-OH is 1. The van der Waals surface area contributed by atoms with Crippen molar-refractivity contribution in [3.05, 3.63) is 77.6 Å². The topological polar surface area (TPSA) is 120 Å². The van der Waals surface area contributed by atoms with E-state index in [1.807, 2.05) is 38.1 Å². The van der Waals surface area contributed by atoms with E-state index in [0.717, 1.165) is 40.7 Å². The summed E-state index contributed by atoms with van der Waals surface area (Å²) < 4.78 is 0. The smallest absolute Gasteiger partial charge is 0.251 e. The van der Waals surface area contributed by atoms with E-state index in [0.29, 0.717) is 23.5 Å². The highest BCUT2D eigenvalue weighted by molar-refractivity contribution is 6.00. The third kappa shape index (κ3) is 5.71. The molecular weight excluding hydrogens is 452 g/mol. The molecule has 2 aromatic carbocycles. The number of hydrogen-bond acceptors (Lipinski definition) is 6. The number of carbonyl (C=O) groups is 1. The van der Waals surface area contributed by atoms with Crippen molar-refractivity contribution in [3.8, 4) is 23.1 Å². The van der Waals surface area contributed by atoms with Gasteiger partial charge in [0.25, 0.3) is 5.91 Å². The van der Waals surface area contributed by atoms with Gasteiger partial charge in [0.15, 0.2) is 0 Å². The van der Waals surface area contributed by atoms with Crippen molar-refractivity contribution in [1.29, 1.82) is 0 Å². The predicted molar refractivity (Wildman–Crippen MR) is 142 cm³/mol. The van der Waals surface area contributed by atoms with Crippen molar-refractivity contribution in [1.82, 2.24) is 25.4 Å². The molecule has 0 aliphatic rings. The molecule has 0 spiro atoms. The highest BCUT2D eigenvalue weighted by Crippen LogP contribution is 2.30. The van der Waals surface area contributed by atoms with Crippen molar-refractivity contribution >= 4 is 22.5 Å². The maximum absolute atomic E-state index is 12.5. The van der Waals surface area contributed by atoms with Gasteiger partial charge in [0.05, 0.1) is 17.4 Å². The van der Waals surface area contributed by atoms with Crippen LogP contribution < -0.4 is 11.1 Å². The normalized spacial score (nSPS) is 11.8. The van der Waals surface area contributed by atoms with Crippen LogP contribution in [-0.4, -0.2) is 63.4 Å². The largest absolute Gasteiger partial charge is 0.390 e. The molecule has 2 heterocycles. The lowest BCUT2D eigenvalue weighted by molar-refractivity contribution is 0.0869. The zero-order valence-electron chi connectivity index (χ0n) is 20.5. The molecule has 8 nitrogen and oxygen atoms in total. The number of aromatic nitrogens is 3. The molecule has 0 saturated carbocycles. The van der Waals surface area contributed by atoms with E-state index in [-0.39, 0.29) is 12.5 Å². The third-order valence-corrected chi connectivity index (χ3v) is 6.10. The Hall–Kier alpha value is -4.19. The zero-order valence-corrected chi connectivity index (χ0v) is 20.5. The van der Waals surface area contributed by atoms with Gasteiger partial charge in [-0.1, -0.05) is 43.9 Å². The van der Waals surface area contributed by atoms with Gasteiger partial charge < -0.3 is 21.1 Å². The monoisotopic (exact) mass is 482 g/mol. The molecular formula is C28H30N6O2. The fraction of sp³-hybridized carbons (Fsp3) is 0.250. The number of aliphatic hydroxyl groups is 1. The summed E-state index contributed by atoms with van der Waals surface area (Å²) in [5.74, 6) is 6.42. The van der Waals surface area contributed by atoms with Crippen LogP contribution in [0.25, 0.3) is 22.0 Å². The standard InChI is InChI=1S/C28H30N6O2/c1-3-34(4-2)18-21(35)16-31-28(36)20-11-8-19(9-12-20)10-13-24-22-6-5-7-23(26-14-15-32-33-26)25(22)17-30-27(24)29/h5-9,11-12,14-15,17,21,35H,3-4,16,18H2,1-2H3,(H2,29,30)(H,31,36)(H,32,33). The second-order valence-corrected chi connectivity index (χ2v) is 8.43. The van der Waals surface area contributed by atoms with Crippen LogP contribution in [0.4, 0.5) is 5.82 Å². The summed E-state index contributed by atoms with van der Waals surface area (Å²) in [6, 6.07) is 14.8. The van der Waals surface area contributed by atoms with Crippen molar-refractivity contribution in [2.24, 2.45) is 0 Å². The molecule has 0 saturated heterocycles. The number of aromatic amines is 1. The maximum Gasteiger partial charge on any atom is 0.251 e. The molecule has 0 aliphatic heterocycles. The van der Waals surface area contributed by atoms with Gasteiger partial charge >= 0.3 is 0 Å². The molecule has 8 heteroatoms. The van der Waals surface area contributed by atoms with Crippen LogP contribution in [-0.2, 0) is 0 Å². The highest BCUT2D eigenvalue weighted by atomic mass is 16.3. The Bertz CT molecular complexity index is 1380. The lowest BCUT2D eigenvalue weighted by Gasteiger charge is -2.22. The quantitative estimate of drug-likeness (QED) is 0.287. The Balaban J connectivity index is 1.49. The number of anilines is 1. The molecule has 4 aromatic rings. The maximum atomic E-state index is 12.5. The van der Waals surface area contributed by atoms with Crippen LogP contribution in [0, 0.1) is 11.8 Å². The fourth-order valence-corrected chi connectivity index (χ4v) is 4.03. The number of nitrogens with one attached hydrogen (secondary N) is 2. The molecule has 5 N–H and O–H groups in total. The minimum Gasteiger partial charge on any atom is -0.390 e. The third-order valence-electron chi connectivity index (χ3n) is 6.10. The summed E-state index contributed by atoms with van der Waals surface area (Å²) in [6.07, 6.45) is 2.84. The van der Waals surface area contributed by atoms with E-state index in [1.165, 1.54) is 0 Å². The summed E-state index contributed by atoms with van der Waals surface area (Å²) >= 11 is 0. The van der Waals surface area contributed by atoms with Gasteiger partial charge in [-0.2, -0.15) is 5.10 Å². The van der Waals surface area contributed by atoms with E-state index in [1.54, 1.807) is 36.7 Å². The van der Waals surface area contributed by atoms with E-state index in [9.17, 15) is 9.90 Å². The minimum atomic E-state index is -0.618. The number of pyridine rings is 1. The zero-order chi connectivity index (χ0) is 25.5. The summed E-state index contributed by atoms with van der Waals surface area (Å²) in [5, 5.41) is 21.8. The Morgan fingerprint density at radius 1 is 1.11 bits per heavy atom. The van der Waals surface area contributed by atoms with Crippen LogP contribution >= 0.6 is 0 Å². The van der Waals surface area contributed by atoms with Crippen LogP contribution in [0.5, 0.6) is 0 Å². The first-order valence-corrected chi connectivity index (χ1v) is 12.0. The number of rotatable bonds is 8. The summed E-state index contributed by atoms with van der Waals surface area (Å²) in [5.41, 5.74) is 9.94. The lowest BCUT2D eigenvalue weighted by Crippen LogP contribution is -2.40. The van der Waals surface area contributed by atoms with Crippen LogP contribution in [0.3, 0.4) is 0 Å². The molecule has 36 heavy (non-hydrogen) atoms. The average molecular weight is 483 g/mol. The Morgan fingerprint density at radius 2 is 1.89 bits per heavy atom. The van der Waals surface area contributed by atoms with E-state index < -0.39 is 6.10 Å². The number of carbonyl (C=O) groups excluding carboxylic acids is 1. The molecule has 1 amide bonds. The molecule has 0 radical (unpaired) electrons. The second kappa shape index (κ2) is 11.5. The predicted octanol–water partition coefficient (Wildman–Crippen LogP) is 3.04. The first kappa shape index (κ1) is 24.9. The first-order chi connectivity index (χ1) is 17.5. The molecule has 1 atom stereocenters. The number of likely N-dealkylation sites (N-methyl/N-ethyl adjacent to an activating group) is 1. The van der Waals surface area contributed by atoms with E-state index in [4.69, 9.17) is 5.73 Å². The summed E-state index contributed by atoms with van der Waals surface area (Å²) in [4.78, 5) is 18.9. The van der Waals surface area contributed by atoms with Crippen LogP contribution in [0.15, 0.2) is 60.9 Å². The van der Waals surface area contributed by atoms with Crippen LogP contribution in [0.2, 0.25) is 0 Å². The van der Waals surface area contributed by atoms with Gasteiger partial charge in [-0.05, 0) is 43.4 Å². The fourth-order valence-electron chi connectivity index (χ4n) is 4.03. The Labute approximate surface area is 210 Å². The summed E-state index contributed by atoms with van der Waals surface area (Å²) in [7, 11) is 0. The van der Waals surface area contributed by atoms with Gasteiger partial charge in [-0.15, -0.1) is 0 Å². The lowest BCUT2D eigenvalue weighted by atomic mass is 10.00. The minimum absolute atomic E-state index is 0.199. The van der Waals surface area contributed by atoms with Gasteiger partial charge in [-0.3, -0.25) is 9.89 Å². The molecule has 0 aliphatic carbocycles. The number of nitrogen functional groups attached to an aromatic ring is 1. The number of benzene rings is 2. The van der Waals surface area contributed by atoms with Crippen LogP contribution in [0.1, 0.15) is 35.3 Å². The number of nitrogens with two attached hydrogens (primary N) is 1. The SMILES string of the molecule is CCN(CC)CC(O)CNC(=O)c1ccc(C#Cc2c(N)ncc3c(-c4ccn[nH]4)cccc23)cc1. The molecule has 2 aromatic heterocycles. The Kier molecular flexibility index (Phi) is 7.95. The van der Waals surface area contributed by atoms with Crippen molar-refractivity contribution < 1.29 is 9.90 Å².